The lowest BCUT2D eigenvalue weighted by atomic mass is 10.1. The Morgan fingerprint density at radius 3 is 2.30 bits per heavy atom. The minimum Gasteiger partial charge on any atom is -0.322 e. The van der Waals surface area contributed by atoms with E-state index in [0.717, 1.165) is 16.7 Å². The lowest BCUT2D eigenvalue weighted by molar-refractivity contribution is 0.102. The van der Waals surface area contributed by atoms with Crippen LogP contribution in [0.5, 0.6) is 0 Å². The molecule has 5 nitrogen and oxygen atoms in total. The summed E-state index contributed by atoms with van der Waals surface area (Å²) in [5, 5.41) is 3.40. The van der Waals surface area contributed by atoms with E-state index in [0.29, 0.717) is 22.0 Å². The average Bonchev–Trinajstić information content (AvgIpc) is 2.71. The molecular formula is C23H23ClN2O3S. The molecule has 3 aromatic rings. The highest BCUT2D eigenvalue weighted by atomic mass is 35.5. The van der Waals surface area contributed by atoms with E-state index in [4.69, 9.17) is 11.6 Å². The van der Waals surface area contributed by atoms with Gasteiger partial charge in [-0.25, -0.2) is 8.42 Å². The number of carbonyl (C=O) groups is 1. The molecule has 156 valence electrons. The van der Waals surface area contributed by atoms with Crippen molar-refractivity contribution >= 4 is 38.9 Å². The van der Waals surface area contributed by atoms with Crippen LogP contribution >= 0.6 is 11.6 Å². The SMILES string of the molecule is Cc1ccc(S(=O)(=O)N(C)c2cc(C(=O)Nc3cccc(Cl)c3C)ccc2C)cc1. The fourth-order valence-electron chi connectivity index (χ4n) is 3.03. The van der Waals surface area contributed by atoms with Crippen LogP contribution in [0.15, 0.2) is 65.6 Å². The van der Waals surface area contributed by atoms with Gasteiger partial charge < -0.3 is 5.32 Å². The van der Waals surface area contributed by atoms with Crippen molar-refractivity contribution < 1.29 is 13.2 Å². The van der Waals surface area contributed by atoms with Crippen molar-refractivity contribution in [3.63, 3.8) is 0 Å². The first-order chi connectivity index (χ1) is 14.1. The Labute approximate surface area is 182 Å². The highest BCUT2D eigenvalue weighted by Gasteiger charge is 2.23. The Morgan fingerprint density at radius 2 is 1.63 bits per heavy atom. The van der Waals surface area contributed by atoms with Crippen LogP contribution in [0.25, 0.3) is 0 Å². The fraction of sp³-hybridized carbons (Fsp3) is 0.174. The maximum Gasteiger partial charge on any atom is 0.264 e. The molecule has 1 N–H and O–H groups in total. The van der Waals surface area contributed by atoms with Gasteiger partial charge in [-0.1, -0.05) is 41.4 Å². The maximum absolute atomic E-state index is 13.1. The van der Waals surface area contributed by atoms with Crippen LogP contribution in [0.4, 0.5) is 11.4 Å². The molecule has 0 aliphatic rings. The third-order valence-corrected chi connectivity index (χ3v) is 7.20. The molecule has 7 heteroatoms. The molecule has 0 unspecified atom stereocenters. The fourth-order valence-corrected chi connectivity index (χ4v) is 4.45. The van der Waals surface area contributed by atoms with Crippen LogP contribution in [0.2, 0.25) is 5.02 Å². The molecule has 0 aromatic heterocycles. The van der Waals surface area contributed by atoms with E-state index in [1.165, 1.54) is 11.4 Å². The molecule has 0 saturated carbocycles. The molecule has 30 heavy (non-hydrogen) atoms. The van der Waals surface area contributed by atoms with Gasteiger partial charge in [0.1, 0.15) is 0 Å². The van der Waals surface area contributed by atoms with E-state index in [-0.39, 0.29) is 10.8 Å². The van der Waals surface area contributed by atoms with E-state index in [1.54, 1.807) is 67.6 Å². The number of nitrogens with zero attached hydrogens (tertiary/aromatic N) is 1. The molecule has 0 aliphatic carbocycles. The van der Waals surface area contributed by atoms with Gasteiger partial charge in [0, 0.05) is 23.3 Å². The summed E-state index contributed by atoms with van der Waals surface area (Å²) in [6.45, 7) is 5.52. The second kappa shape index (κ2) is 8.50. The Morgan fingerprint density at radius 1 is 0.967 bits per heavy atom. The summed E-state index contributed by atoms with van der Waals surface area (Å²) < 4.78 is 27.3. The number of carbonyl (C=O) groups excluding carboxylic acids is 1. The van der Waals surface area contributed by atoms with Gasteiger partial charge in [0.2, 0.25) is 0 Å². The lowest BCUT2D eigenvalue weighted by Gasteiger charge is -2.22. The quantitative estimate of drug-likeness (QED) is 0.579. The van der Waals surface area contributed by atoms with Gasteiger partial charge in [-0.2, -0.15) is 0 Å². The number of sulfonamides is 1. The van der Waals surface area contributed by atoms with E-state index in [2.05, 4.69) is 5.32 Å². The first kappa shape index (κ1) is 21.9. The van der Waals surface area contributed by atoms with Crippen LogP contribution in [0.1, 0.15) is 27.0 Å². The summed E-state index contributed by atoms with van der Waals surface area (Å²) >= 11 is 6.12. The number of hydrogen-bond acceptors (Lipinski definition) is 3. The molecule has 0 fully saturated rings. The number of hydrogen-bond donors (Lipinski definition) is 1. The molecule has 1 amide bonds. The maximum atomic E-state index is 13.1. The molecule has 0 saturated heterocycles. The Kier molecular flexibility index (Phi) is 6.19. The van der Waals surface area contributed by atoms with Crippen LogP contribution in [-0.2, 0) is 10.0 Å². The zero-order chi connectivity index (χ0) is 22.1. The van der Waals surface area contributed by atoms with Gasteiger partial charge in [-0.15, -0.1) is 0 Å². The summed E-state index contributed by atoms with van der Waals surface area (Å²) in [6, 6.07) is 16.9. The summed E-state index contributed by atoms with van der Waals surface area (Å²) in [4.78, 5) is 13.0. The average molecular weight is 443 g/mol. The molecule has 0 aliphatic heterocycles. The van der Waals surface area contributed by atoms with Gasteiger partial charge >= 0.3 is 0 Å². The van der Waals surface area contributed by atoms with Crippen molar-refractivity contribution in [1.29, 1.82) is 0 Å². The third kappa shape index (κ3) is 4.35. The van der Waals surface area contributed by atoms with Crippen LogP contribution in [-0.4, -0.2) is 21.4 Å². The Hall–Kier alpha value is -2.83. The van der Waals surface area contributed by atoms with Crippen LogP contribution < -0.4 is 9.62 Å². The van der Waals surface area contributed by atoms with E-state index < -0.39 is 10.0 Å². The summed E-state index contributed by atoms with van der Waals surface area (Å²) in [6.07, 6.45) is 0. The van der Waals surface area contributed by atoms with Crippen LogP contribution in [0.3, 0.4) is 0 Å². The number of anilines is 2. The van der Waals surface area contributed by atoms with E-state index >= 15 is 0 Å². The Bertz CT molecular complexity index is 1210. The monoisotopic (exact) mass is 442 g/mol. The van der Waals surface area contributed by atoms with Gasteiger partial charge in [0.25, 0.3) is 15.9 Å². The zero-order valence-electron chi connectivity index (χ0n) is 17.2. The number of halogens is 1. The predicted octanol–water partition coefficient (Wildman–Crippen LogP) is 5.34. The highest BCUT2D eigenvalue weighted by molar-refractivity contribution is 7.92. The van der Waals surface area contributed by atoms with Crippen molar-refractivity contribution in [2.24, 2.45) is 0 Å². The molecular weight excluding hydrogens is 420 g/mol. The number of rotatable bonds is 5. The van der Waals surface area contributed by atoms with Crippen molar-refractivity contribution in [2.45, 2.75) is 25.7 Å². The number of benzene rings is 3. The molecule has 3 rings (SSSR count). The Balaban J connectivity index is 1.93. The number of nitrogens with one attached hydrogen (secondary N) is 1. The third-order valence-electron chi connectivity index (χ3n) is 5.01. The topological polar surface area (TPSA) is 66.5 Å². The van der Waals surface area contributed by atoms with E-state index in [1.807, 2.05) is 13.8 Å². The van der Waals surface area contributed by atoms with E-state index in [9.17, 15) is 13.2 Å². The van der Waals surface area contributed by atoms with Crippen LogP contribution in [0, 0.1) is 20.8 Å². The van der Waals surface area contributed by atoms with Crippen molar-refractivity contribution in [1.82, 2.24) is 0 Å². The summed E-state index contributed by atoms with van der Waals surface area (Å²) in [5.41, 5.74) is 3.87. The van der Waals surface area contributed by atoms with Crippen molar-refractivity contribution in [2.75, 3.05) is 16.7 Å². The number of amides is 1. The first-order valence-electron chi connectivity index (χ1n) is 9.34. The van der Waals surface area contributed by atoms with Gasteiger partial charge in [0.05, 0.1) is 10.6 Å². The minimum absolute atomic E-state index is 0.194. The molecule has 3 aromatic carbocycles. The smallest absolute Gasteiger partial charge is 0.264 e. The highest BCUT2D eigenvalue weighted by Crippen LogP contribution is 2.28. The van der Waals surface area contributed by atoms with Crippen molar-refractivity contribution in [3.05, 3.63) is 87.9 Å². The zero-order valence-corrected chi connectivity index (χ0v) is 18.8. The minimum atomic E-state index is -3.76. The standard InChI is InChI=1S/C23H23ClN2O3S/c1-15-8-12-19(13-9-15)30(28,29)26(4)22-14-18(11-10-16(22)2)23(27)25-21-7-5-6-20(24)17(21)3/h5-14H,1-4H3,(H,25,27). The van der Waals surface area contributed by atoms with Gasteiger partial charge in [0.15, 0.2) is 0 Å². The normalized spacial score (nSPS) is 11.2. The van der Waals surface area contributed by atoms with Gasteiger partial charge in [-0.3, -0.25) is 9.10 Å². The molecule has 0 radical (unpaired) electrons. The van der Waals surface area contributed by atoms with Crippen molar-refractivity contribution in [3.8, 4) is 0 Å². The number of aryl methyl sites for hydroxylation is 2. The summed E-state index contributed by atoms with van der Waals surface area (Å²) in [5.74, 6) is -0.345. The summed E-state index contributed by atoms with van der Waals surface area (Å²) in [7, 11) is -2.27. The largest absolute Gasteiger partial charge is 0.322 e. The molecule has 0 bridgehead atoms. The second-order valence-electron chi connectivity index (χ2n) is 7.15. The second-order valence-corrected chi connectivity index (χ2v) is 9.53. The predicted molar refractivity (Wildman–Crippen MR) is 122 cm³/mol. The lowest BCUT2D eigenvalue weighted by Crippen LogP contribution is -2.27. The molecule has 0 heterocycles. The first-order valence-corrected chi connectivity index (χ1v) is 11.2. The van der Waals surface area contributed by atoms with Gasteiger partial charge in [-0.05, 0) is 68.3 Å². The molecule has 0 spiro atoms. The molecule has 0 atom stereocenters.